The van der Waals surface area contributed by atoms with Crippen LogP contribution in [0.5, 0.6) is 0 Å². The van der Waals surface area contributed by atoms with Crippen molar-refractivity contribution in [1.29, 1.82) is 0 Å². The van der Waals surface area contributed by atoms with Crippen molar-refractivity contribution in [3.05, 3.63) is 24.0 Å². The summed E-state index contributed by atoms with van der Waals surface area (Å²) in [7, 11) is 1.92. The molecule has 0 saturated carbocycles. The monoisotopic (exact) mass is 262 g/mol. The molecule has 5 heteroatoms. The second-order valence-corrected chi connectivity index (χ2v) is 5.10. The van der Waals surface area contributed by atoms with Gasteiger partial charge >= 0.3 is 0 Å². The van der Waals surface area contributed by atoms with Crippen LogP contribution in [0, 0.1) is 6.92 Å². The van der Waals surface area contributed by atoms with Crippen LogP contribution >= 0.6 is 0 Å². The number of oxazole rings is 1. The summed E-state index contributed by atoms with van der Waals surface area (Å²) in [5, 5.41) is 7.60. The second kappa shape index (κ2) is 6.02. The van der Waals surface area contributed by atoms with Crippen LogP contribution in [0.2, 0.25) is 0 Å². The van der Waals surface area contributed by atoms with Crippen molar-refractivity contribution < 1.29 is 4.42 Å². The van der Waals surface area contributed by atoms with E-state index in [-0.39, 0.29) is 0 Å². The number of hydrogen-bond donors (Lipinski definition) is 1. The molecule has 0 aliphatic carbocycles. The van der Waals surface area contributed by atoms with Gasteiger partial charge < -0.3 is 9.73 Å². The molecule has 0 spiro atoms. The highest BCUT2D eigenvalue weighted by molar-refractivity contribution is 5.58. The molecule has 5 nitrogen and oxygen atoms in total. The topological polar surface area (TPSA) is 55.9 Å². The standard InChI is InChI=1S/C14H22N4O/c1-10(2)15-7-5-6-14-16-9-13(19-14)12-8-17-18(4)11(12)3/h8-10,15H,5-7H2,1-4H3. The van der Waals surface area contributed by atoms with E-state index >= 15 is 0 Å². The number of nitrogens with zero attached hydrogens (tertiary/aromatic N) is 3. The van der Waals surface area contributed by atoms with Crippen molar-refractivity contribution in [3.63, 3.8) is 0 Å². The van der Waals surface area contributed by atoms with Crippen molar-refractivity contribution in [2.45, 2.75) is 39.7 Å². The highest BCUT2D eigenvalue weighted by Gasteiger charge is 2.11. The Labute approximate surface area is 114 Å². The molecular weight excluding hydrogens is 240 g/mol. The Bertz CT molecular complexity index is 527. The molecule has 0 aliphatic rings. The minimum Gasteiger partial charge on any atom is -0.441 e. The number of hydrogen-bond acceptors (Lipinski definition) is 4. The third-order valence-electron chi connectivity index (χ3n) is 3.17. The molecule has 0 amide bonds. The van der Waals surface area contributed by atoms with Gasteiger partial charge in [0.2, 0.25) is 0 Å². The fourth-order valence-corrected chi connectivity index (χ4v) is 1.92. The van der Waals surface area contributed by atoms with Crippen LogP contribution in [0.4, 0.5) is 0 Å². The fourth-order valence-electron chi connectivity index (χ4n) is 1.92. The van der Waals surface area contributed by atoms with Gasteiger partial charge in [-0.3, -0.25) is 4.68 Å². The average Bonchev–Trinajstić information content (AvgIpc) is 2.94. The molecule has 19 heavy (non-hydrogen) atoms. The number of nitrogens with one attached hydrogen (secondary N) is 1. The first-order chi connectivity index (χ1) is 9.08. The molecule has 0 saturated heterocycles. The van der Waals surface area contributed by atoms with E-state index in [9.17, 15) is 0 Å². The lowest BCUT2D eigenvalue weighted by molar-refractivity contribution is 0.484. The van der Waals surface area contributed by atoms with Crippen molar-refractivity contribution in [2.24, 2.45) is 7.05 Å². The minimum atomic E-state index is 0.526. The SMILES string of the molecule is Cc1c(-c2cnc(CCCNC(C)C)o2)cnn1C. The van der Waals surface area contributed by atoms with Gasteiger partial charge in [0.25, 0.3) is 0 Å². The van der Waals surface area contributed by atoms with E-state index in [0.29, 0.717) is 6.04 Å². The van der Waals surface area contributed by atoms with Crippen molar-refractivity contribution in [1.82, 2.24) is 20.1 Å². The van der Waals surface area contributed by atoms with Gasteiger partial charge in [-0.1, -0.05) is 13.8 Å². The van der Waals surface area contributed by atoms with Crippen LogP contribution in [0.15, 0.2) is 16.8 Å². The zero-order valence-corrected chi connectivity index (χ0v) is 12.1. The van der Waals surface area contributed by atoms with Gasteiger partial charge in [0.15, 0.2) is 11.7 Å². The first kappa shape index (κ1) is 13.8. The lowest BCUT2D eigenvalue weighted by Crippen LogP contribution is -2.23. The predicted molar refractivity (Wildman–Crippen MR) is 74.9 cm³/mol. The average molecular weight is 262 g/mol. The molecule has 2 heterocycles. The maximum absolute atomic E-state index is 5.78. The van der Waals surface area contributed by atoms with Gasteiger partial charge in [0.05, 0.1) is 18.0 Å². The first-order valence-corrected chi connectivity index (χ1v) is 6.75. The van der Waals surface area contributed by atoms with Gasteiger partial charge in [-0.2, -0.15) is 5.10 Å². The molecule has 2 aromatic heterocycles. The molecule has 0 aromatic carbocycles. The lowest BCUT2D eigenvalue weighted by atomic mass is 10.2. The van der Waals surface area contributed by atoms with Crippen LogP contribution in [0.1, 0.15) is 31.9 Å². The van der Waals surface area contributed by atoms with E-state index in [1.165, 1.54) is 0 Å². The predicted octanol–water partition coefficient (Wildman–Crippen LogP) is 2.31. The Morgan fingerprint density at radius 1 is 1.37 bits per heavy atom. The van der Waals surface area contributed by atoms with Gasteiger partial charge in [-0.25, -0.2) is 4.98 Å². The van der Waals surface area contributed by atoms with Crippen LogP contribution in [-0.2, 0) is 13.5 Å². The zero-order chi connectivity index (χ0) is 13.8. The third kappa shape index (κ3) is 3.44. The molecule has 0 fully saturated rings. The summed E-state index contributed by atoms with van der Waals surface area (Å²) in [6.45, 7) is 7.31. The minimum absolute atomic E-state index is 0.526. The molecule has 2 rings (SSSR count). The van der Waals surface area contributed by atoms with Crippen LogP contribution < -0.4 is 5.32 Å². The highest BCUT2D eigenvalue weighted by Crippen LogP contribution is 2.23. The Kier molecular flexibility index (Phi) is 4.37. The van der Waals surface area contributed by atoms with E-state index in [4.69, 9.17) is 4.42 Å². The molecule has 0 unspecified atom stereocenters. The summed E-state index contributed by atoms with van der Waals surface area (Å²) in [4.78, 5) is 4.33. The fraction of sp³-hybridized carbons (Fsp3) is 0.571. The lowest BCUT2D eigenvalue weighted by Gasteiger charge is -2.05. The third-order valence-corrected chi connectivity index (χ3v) is 3.17. The second-order valence-electron chi connectivity index (χ2n) is 5.10. The van der Waals surface area contributed by atoms with E-state index in [0.717, 1.165) is 42.3 Å². The Balaban J connectivity index is 1.94. The molecular formula is C14H22N4O. The molecule has 0 bridgehead atoms. The summed E-state index contributed by atoms with van der Waals surface area (Å²) < 4.78 is 7.62. The van der Waals surface area contributed by atoms with Crippen LogP contribution in [0.25, 0.3) is 11.3 Å². The quantitative estimate of drug-likeness (QED) is 0.812. The van der Waals surface area contributed by atoms with E-state index in [1.54, 1.807) is 6.20 Å². The molecule has 104 valence electrons. The van der Waals surface area contributed by atoms with Crippen LogP contribution in [-0.4, -0.2) is 27.4 Å². The first-order valence-electron chi connectivity index (χ1n) is 6.75. The van der Waals surface area contributed by atoms with Crippen LogP contribution in [0.3, 0.4) is 0 Å². The highest BCUT2D eigenvalue weighted by atomic mass is 16.4. The number of aryl methyl sites for hydroxylation is 2. The molecule has 1 N–H and O–H groups in total. The number of rotatable bonds is 6. The van der Waals surface area contributed by atoms with E-state index < -0.39 is 0 Å². The molecule has 0 radical (unpaired) electrons. The normalized spacial score (nSPS) is 11.4. The zero-order valence-electron chi connectivity index (χ0n) is 12.1. The van der Waals surface area contributed by atoms with Crippen molar-refractivity contribution >= 4 is 0 Å². The summed E-state index contributed by atoms with van der Waals surface area (Å²) in [6.07, 6.45) is 5.50. The molecule has 0 aliphatic heterocycles. The maximum atomic E-state index is 5.78. The maximum Gasteiger partial charge on any atom is 0.194 e. The summed E-state index contributed by atoms with van der Waals surface area (Å²) in [5.41, 5.74) is 2.10. The van der Waals surface area contributed by atoms with E-state index in [2.05, 4.69) is 29.2 Å². The van der Waals surface area contributed by atoms with Gasteiger partial charge in [-0.15, -0.1) is 0 Å². The largest absolute Gasteiger partial charge is 0.441 e. The van der Waals surface area contributed by atoms with Crippen molar-refractivity contribution in [2.75, 3.05) is 6.54 Å². The smallest absolute Gasteiger partial charge is 0.194 e. The summed E-state index contributed by atoms with van der Waals surface area (Å²) >= 11 is 0. The number of aromatic nitrogens is 3. The van der Waals surface area contributed by atoms with Gasteiger partial charge in [0.1, 0.15) is 0 Å². The van der Waals surface area contributed by atoms with E-state index in [1.807, 2.05) is 24.9 Å². The van der Waals surface area contributed by atoms with Gasteiger partial charge in [-0.05, 0) is 19.9 Å². The Hall–Kier alpha value is -1.62. The van der Waals surface area contributed by atoms with Gasteiger partial charge in [0, 0.05) is 25.2 Å². The Morgan fingerprint density at radius 3 is 2.79 bits per heavy atom. The molecule has 2 aromatic rings. The summed E-state index contributed by atoms with van der Waals surface area (Å²) in [5.74, 6) is 1.60. The Morgan fingerprint density at radius 2 is 2.16 bits per heavy atom. The van der Waals surface area contributed by atoms with Crippen molar-refractivity contribution in [3.8, 4) is 11.3 Å². The summed E-state index contributed by atoms with van der Waals surface area (Å²) in [6, 6.07) is 0.526. The molecule has 0 atom stereocenters.